The van der Waals surface area contributed by atoms with Crippen LogP contribution in [0.1, 0.15) is 92.6 Å². The Morgan fingerprint density at radius 3 is 2.59 bits per heavy atom. The molecule has 2 unspecified atom stereocenters. The molecule has 0 radical (unpaired) electrons. The fourth-order valence-corrected chi connectivity index (χ4v) is 4.83. The number of benzene rings is 1. The van der Waals surface area contributed by atoms with E-state index in [0.29, 0.717) is 11.5 Å². The molecule has 2 atom stereocenters. The van der Waals surface area contributed by atoms with Gasteiger partial charge < -0.3 is 9.52 Å². The Hall–Kier alpha value is -2.03. The van der Waals surface area contributed by atoms with Crippen LogP contribution in [0.3, 0.4) is 0 Å². The lowest BCUT2D eigenvalue weighted by atomic mass is 9.83. The van der Waals surface area contributed by atoms with Gasteiger partial charge in [0, 0.05) is 17.4 Å². The summed E-state index contributed by atoms with van der Waals surface area (Å²) in [6.07, 6.45) is 9.54. The molecular weight excluding hydrogens is 336 g/mol. The van der Waals surface area contributed by atoms with Crippen LogP contribution < -0.4 is 5.63 Å². The van der Waals surface area contributed by atoms with E-state index >= 15 is 0 Å². The molecular formula is C24H30O3. The Morgan fingerprint density at radius 1 is 1.11 bits per heavy atom. The first-order valence-electron chi connectivity index (χ1n) is 10.6. The van der Waals surface area contributed by atoms with E-state index in [2.05, 4.69) is 19.1 Å². The van der Waals surface area contributed by atoms with Crippen molar-refractivity contribution in [1.82, 2.24) is 0 Å². The zero-order valence-corrected chi connectivity index (χ0v) is 16.2. The Morgan fingerprint density at radius 2 is 1.89 bits per heavy atom. The fourth-order valence-electron chi connectivity index (χ4n) is 4.83. The van der Waals surface area contributed by atoms with Gasteiger partial charge in [0.05, 0.1) is 5.56 Å². The minimum absolute atomic E-state index is 0.0529. The summed E-state index contributed by atoms with van der Waals surface area (Å²) in [6, 6.07) is 10.1. The third-order valence-electron chi connectivity index (χ3n) is 6.31. The van der Waals surface area contributed by atoms with Crippen LogP contribution in [0.2, 0.25) is 0 Å². The van der Waals surface area contributed by atoms with Crippen molar-refractivity contribution in [1.29, 1.82) is 0 Å². The second-order valence-electron chi connectivity index (χ2n) is 8.31. The highest BCUT2D eigenvalue weighted by molar-refractivity contribution is 5.47. The third-order valence-corrected chi connectivity index (χ3v) is 6.31. The van der Waals surface area contributed by atoms with Gasteiger partial charge in [0.2, 0.25) is 0 Å². The maximum atomic E-state index is 13.1. The largest absolute Gasteiger partial charge is 0.507 e. The van der Waals surface area contributed by atoms with Crippen LogP contribution in [0.25, 0.3) is 0 Å². The Labute approximate surface area is 161 Å². The lowest BCUT2D eigenvalue weighted by Crippen LogP contribution is -2.20. The molecule has 1 aromatic carbocycles. The molecule has 27 heavy (non-hydrogen) atoms. The Kier molecular flexibility index (Phi) is 5.38. The van der Waals surface area contributed by atoms with Crippen molar-refractivity contribution in [2.24, 2.45) is 5.92 Å². The Bertz CT molecular complexity index is 833. The van der Waals surface area contributed by atoms with Gasteiger partial charge in [-0.05, 0) is 50.0 Å². The van der Waals surface area contributed by atoms with Gasteiger partial charge in [-0.2, -0.15) is 0 Å². The van der Waals surface area contributed by atoms with Crippen LogP contribution in [0.4, 0.5) is 0 Å². The van der Waals surface area contributed by atoms with E-state index in [1.807, 2.05) is 18.2 Å². The molecule has 0 bridgehead atoms. The van der Waals surface area contributed by atoms with E-state index in [1.165, 1.54) is 12.8 Å². The summed E-state index contributed by atoms with van der Waals surface area (Å²) in [7, 11) is 0. The molecule has 0 saturated heterocycles. The van der Waals surface area contributed by atoms with Crippen LogP contribution >= 0.6 is 0 Å². The van der Waals surface area contributed by atoms with E-state index in [4.69, 9.17) is 4.42 Å². The van der Waals surface area contributed by atoms with E-state index in [1.54, 1.807) is 0 Å². The van der Waals surface area contributed by atoms with Gasteiger partial charge in [0.15, 0.2) is 0 Å². The Balaban J connectivity index is 1.84. The lowest BCUT2D eigenvalue weighted by Gasteiger charge is -2.25. The molecule has 4 rings (SSSR count). The van der Waals surface area contributed by atoms with Gasteiger partial charge in [-0.1, -0.05) is 56.5 Å². The molecule has 1 fully saturated rings. The molecule has 3 heteroatoms. The molecule has 2 aliphatic carbocycles. The first-order valence-corrected chi connectivity index (χ1v) is 10.6. The molecule has 1 aromatic heterocycles. The van der Waals surface area contributed by atoms with Crippen molar-refractivity contribution in [2.45, 2.75) is 76.5 Å². The van der Waals surface area contributed by atoms with E-state index in [9.17, 15) is 9.90 Å². The molecule has 144 valence electrons. The van der Waals surface area contributed by atoms with Gasteiger partial charge in [0.25, 0.3) is 0 Å². The van der Waals surface area contributed by atoms with Crippen molar-refractivity contribution >= 4 is 0 Å². The SMILES string of the molecule is CCCC1CCCCCc2c1oc(=O)c(C(c1ccccc1)C1CC1)c2O. The highest BCUT2D eigenvalue weighted by Crippen LogP contribution is 2.49. The maximum absolute atomic E-state index is 13.1. The summed E-state index contributed by atoms with van der Waals surface area (Å²) in [4.78, 5) is 13.1. The number of fused-ring (bicyclic) bond motifs is 1. The standard InChI is InChI=1S/C24H30O3/c1-2-9-18-12-7-4-8-13-19-22(25)21(24(26)27-23(18)19)20(17-14-15-17)16-10-5-3-6-11-16/h3,5-6,10-11,17-18,20,25H,2,4,7-9,12-15H2,1H3. The number of hydrogen-bond donors (Lipinski definition) is 1. The zero-order valence-electron chi connectivity index (χ0n) is 16.2. The number of hydrogen-bond acceptors (Lipinski definition) is 3. The van der Waals surface area contributed by atoms with E-state index in [-0.39, 0.29) is 23.2 Å². The summed E-state index contributed by atoms with van der Waals surface area (Å²) in [5.41, 5.74) is 2.19. The molecule has 1 N–H and O–H groups in total. The highest BCUT2D eigenvalue weighted by Gasteiger charge is 2.38. The average molecular weight is 367 g/mol. The van der Waals surface area contributed by atoms with Gasteiger partial charge in [-0.25, -0.2) is 4.79 Å². The smallest absolute Gasteiger partial charge is 0.343 e. The van der Waals surface area contributed by atoms with Crippen LogP contribution in [0.15, 0.2) is 39.5 Å². The van der Waals surface area contributed by atoms with Crippen LogP contribution in [0, 0.1) is 5.92 Å². The monoisotopic (exact) mass is 366 g/mol. The molecule has 0 spiro atoms. The summed E-state index contributed by atoms with van der Waals surface area (Å²) >= 11 is 0. The molecule has 0 aliphatic heterocycles. The van der Waals surface area contributed by atoms with Crippen molar-refractivity contribution in [3.8, 4) is 5.75 Å². The predicted octanol–water partition coefficient (Wildman–Crippen LogP) is 5.89. The number of rotatable bonds is 5. The zero-order chi connectivity index (χ0) is 18.8. The molecule has 2 aromatic rings. The van der Waals surface area contributed by atoms with E-state index in [0.717, 1.165) is 61.8 Å². The number of aromatic hydroxyl groups is 1. The maximum Gasteiger partial charge on any atom is 0.343 e. The minimum Gasteiger partial charge on any atom is -0.507 e. The summed E-state index contributed by atoms with van der Waals surface area (Å²) in [5, 5.41) is 11.3. The quantitative estimate of drug-likeness (QED) is 0.718. The van der Waals surface area contributed by atoms with Crippen molar-refractivity contribution < 1.29 is 9.52 Å². The van der Waals surface area contributed by atoms with Gasteiger partial charge >= 0.3 is 5.63 Å². The van der Waals surface area contributed by atoms with Crippen LogP contribution in [-0.2, 0) is 6.42 Å². The topological polar surface area (TPSA) is 50.4 Å². The predicted molar refractivity (Wildman–Crippen MR) is 107 cm³/mol. The molecule has 0 amide bonds. The summed E-state index contributed by atoms with van der Waals surface area (Å²) in [5.74, 6) is 1.63. The minimum atomic E-state index is -0.325. The molecule has 2 aliphatic rings. The third kappa shape index (κ3) is 3.69. The van der Waals surface area contributed by atoms with Gasteiger partial charge in [-0.3, -0.25) is 0 Å². The van der Waals surface area contributed by atoms with Gasteiger partial charge in [0.1, 0.15) is 11.5 Å². The second-order valence-corrected chi connectivity index (χ2v) is 8.31. The second kappa shape index (κ2) is 7.92. The average Bonchev–Trinajstić information content (AvgIpc) is 3.49. The fraction of sp³-hybridized carbons (Fsp3) is 0.542. The van der Waals surface area contributed by atoms with Crippen LogP contribution in [0.5, 0.6) is 5.75 Å². The van der Waals surface area contributed by atoms with Crippen molar-refractivity contribution in [3.05, 3.63) is 63.2 Å². The molecule has 1 saturated carbocycles. The molecule has 3 nitrogen and oxygen atoms in total. The highest BCUT2D eigenvalue weighted by atomic mass is 16.4. The van der Waals surface area contributed by atoms with E-state index < -0.39 is 0 Å². The lowest BCUT2D eigenvalue weighted by molar-refractivity contribution is 0.345. The van der Waals surface area contributed by atoms with Crippen molar-refractivity contribution in [3.63, 3.8) is 0 Å². The molecule has 1 heterocycles. The first kappa shape index (κ1) is 18.3. The summed E-state index contributed by atoms with van der Waals surface area (Å²) in [6.45, 7) is 2.17. The van der Waals surface area contributed by atoms with Crippen LogP contribution in [-0.4, -0.2) is 5.11 Å². The van der Waals surface area contributed by atoms with Gasteiger partial charge in [-0.15, -0.1) is 0 Å². The normalized spacial score (nSPS) is 21.1. The first-order chi connectivity index (χ1) is 13.2. The van der Waals surface area contributed by atoms with Crippen molar-refractivity contribution in [2.75, 3.05) is 0 Å². The summed E-state index contributed by atoms with van der Waals surface area (Å²) < 4.78 is 5.98.